The lowest BCUT2D eigenvalue weighted by Crippen LogP contribution is -2.34. The molecule has 25 heavy (non-hydrogen) atoms. The minimum atomic E-state index is -0.606. The molecule has 1 aliphatic rings. The second kappa shape index (κ2) is 8.67. The highest BCUT2D eigenvalue weighted by Crippen LogP contribution is 2.32. The van der Waals surface area contributed by atoms with E-state index in [0.29, 0.717) is 16.6 Å². The van der Waals surface area contributed by atoms with E-state index in [9.17, 15) is 14.4 Å². The topological polar surface area (TPSA) is 84.5 Å². The highest BCUT2D eigenvalue weighted by Gasteiger charge is 2.29. The molecule has 1 aliphatic carbocycles. The smallest absolute Gasteiger partial charge is 0.330 e. The van der Waals surface area contributed by atoms with Gasteiger partial charge < -0.3 is 15.4 Å². The molecule has 0 aliphatic heterocycles. The molecular weight excluding hydrogens is 344 g/mol. The fourth-order valence-electron chi connectivity index (χ4n) is 2.32. The highest BCUT2D eigenvalue weighted by molar-refractivity contribution is 6.31. The van der Waals surface area contributed by atoms with Crippen molar-refractivity contribution in [1.82, 2.24) is 5.32 Å². The molecule has 1 atom stereocenters. The van der Waals surface area contributed by atoms with E-state index in [1.165, 1.54) is 6.07 Å². The Morgan fingerprint density at radius 3 is 2.68 bits per heavy atom. The maximum Gasteiger partial charge on any atom is 0.330 e. The summed E-state index contributed by atoms with van der Waals surface area (Å²) in [5.41, 5.74) is 0.598. The zero-order chi connectivity index (χ0) is 18.4. The van der Waals surface area contributed by atoms with Crippen LogP contribution in [0.2, 0.25) is 5.02 Å². The minimum Gasteiger partial charge on any atom is -0.463 e. The summed E-state index contributed by atoms with van der Waals surface area (Å²) in [6.07, 6.45) is 4.31. The van der Waals surface area contributed by atoms with Gasteiger partial charge in [0.25, 0.3) is 5.91 Å². The van der Waals surface area contributed by atoms with Crippen molar-refractivity contribution in [3.63, 3.8) is 0 Å². The zero-order valence-electron chi connectivity index (χ0n) is 14.2. The number of hydrogen-bond acceptors (Lipinski definition) is 4. The van der Waals surface area contributed by atoms with Crippen molar-refractivity contribution in [3.8, 4) is 0 Å². The molecule has 134 valence electrons. The summed E-state index contributed by atoms with van der Waals surface area (Å²) in [5, 5.41) is 5.90. The van der Waals surface area contributed by atoms with Gasteiger partial charge in [-0.25, -0.2) is 4.79 Å². The number of halogens is 1. The lowest BCUT2D eigenvalue weighted by Gasteiger charge is -2.15. The number of nitrogens with one attached hydrogen (secondary N) is 2. The van der Waals surface area contributed by atoms with E-state index in [0.717, 1.165) is 25.0 Å². The molecule has 1 fully saturated rings. The molecule has 7 heteroatoms. The first-order chi connectivity index (χ1) is 11.9. The predicted molar refractivity (Wildman–Crippen MR) is 95.5 cm³/mol. The SMILES string of the molecule is CCOC(=O)/C=C/C(=O)Nc1ccc(Cl)cc1C(=O)NC(C)C1CC1. The van der Waals surface area contributed by atoms with Crippen LogP contribution in [0, 0.1) is 5.92 Å². The molecule has 6 nitrogen and oxygen atoms in total. The first-order valence-electron chi connectivity index (χ1n) is 8.17. The van der Waals surface area contributed by atoms with E-state index in [2.05, 4.69) is 10.6 Å². The van der Waals surface area contributed by atoms with Crippen LogP contribution >= 0.6 is 11.6 Å². The summed E-state index contributed by atoms with van der Waals surface area (Å²) in [6.45, 7) is 3.86. The molecule has 1 unspecified atom stereocenters. The van der Waals surface area contributed by atoms with Crippen molar-refractivity contribution >= 4 is 35.1 Å². The second-order valence-electron chi connectivity index (χ2n) is 5.86. The maximum absolute atomic E-state index is 12.5. The van der Waals surface area contributed by atoms with Gasteiger partial charge in [-0.2, -0.15) is 0 Å². The van der Waals surface area contributed by atoms with E-state index in [-0.39, 0.29) is 24.1 Å². The Kier molecular flexibility index (Phi) is 6.58. The fourth-order valence-corrected chi connectivity index (χ4v) is 2.49. The molecule has 1 saturated carbocycles. The van der Waals surface area contributed by atoms with Crippen molar-refractivity contribution in [2.24, 2.45) is 5.92 Å². The quantitative estimate of drug-likeness (QED) is 0.575. The van der Waals surface area contributed by atoms with Crippen LogP contribution in [0.25, 0.3) is 0 Å². The molecule has 1 aromatic carbocycles. The van der Waals surface area contributed by atoms with Gasteiger partial charge in [0.2, 0.25) is 5.91 Å². The second-order valence-corrected chi connectivity index (χ2v) is 6.30. The van der Waals surface area contributed by atoms with Crippen LogP contribution in [0.3, 0.4) is 0 Å². The average Bonchev–Trinajstić information content (AvgIpc) is 3.40. The Bertz CT molecular complexity index is 698. The van der Waals surface area contributed by atoms with Crippen molar-refractivity contribution < 1.29 is 19.1 Å². The van der Waals surface area contributed by atoms with Gasteiger partial charge in [-0.05, 0) is 50.8 Å². The number of benzene rings is 1. The van der Waals surface area contributed by atoms with Gasteiger partial charge >= 0.3 is 5.97 Å². The maximum atomic E-state index is 12.5. The number of amides is 2. The lowest BCUT2D eigenvalue weighted by atomic mass is 10.1. The average molecular weight is 365 g/mol. The molecule has 0 radical (unpaired) electrons. The van der Waals surface area contributed by atoms with Crippen LogP contribution in [-0.2, 0) is 14.3 Å². The van der Waals surface area contributed by atoms with Crippen molar-refractivity contribution in [2.75, 3.05) is 11.9 Å². The van der Waals surface area contributed by atoms with Gasteiger partial charge in [-0.3, -0.25) is 9.59 Å². The minimum absolute atomic E-state index is 0.0683. The summed E-state index contributed by atoms with van der Waals surface area (Å²) < 4.78 is 4.70. The van der Waals surface area contributed by atoms with Crippen LogP contribution < -0.4 is 10.6 Å². The van der Waals surface area contributed by atoms with Crippen LogP contribution in [0.15, 0.2) is 30.4 Å². The third kappa shape index (κ3) is 5.90. The number of ether oxygens (including phenoxy) is 1. The summed E-state index contributed by atoms with van der Waals surface area (Å²) in [7, 11) is 0. The number of carbonyl (C=O) groups is 3. The molecule has 2 rings (SSSR count). The number of rotatable bonds is 7. The Balaban J connectivity index is 2.08. The largest absolute Gasteiger partial charge is 0.463 e. The van der Waals surface area contributed by atoms with Gasteiger partial charge in [0.1, 0.15) is 0 Å². The van der Waals surface area contributed by atoms with Gasteiger partial charge in [0.15, 0.2) is 0 Å². The normalized spacial score (nSPS) is 14.8. The number of anilines is 1. The molecular formula is C18H21ClN2O4. The Morgan fingerprint density at radius 1 is 1.32 bits per heavy atom. The Morgan fingerprint density at radius 2 is 2.04 bits per heavy atom. The van der Waals surface area contributed by atoms with Crippen LogP contribution in [0.5, 0.6) is 0 Å². The summed E-state index contributed by atoms with van der Waals surface area (Å²) >= 11 is 5.98. The van der Waals surface area contributed by atoms with Crippen LogP contribution in [-0.4, -0.2) is 30.4 Å². The third-order valence-electron chi connectivity index (χ3n) is 3.83. The molecule has 0 saturated heterocycles. The molecule has 2 N–H and O–H groups in total. The van der Waals surface area contributed by atoms with Crippen molar-refractivity contribution in [1.29, 1.82) is 0 Å². The molecule has 0 spiro atoms. The van der Waals surface area contributed by atoms with E-state index in [1.807, 2.05) is 6.92 Å². The predicted octanol–water partition coefficient (Wildman–Crippen LogP) is 2.93. The Hall–Kier alpha value is -2.34. The monoisotopic (exact) mass is 364 g/mol. The van der Waals surface area contributed by atoms with Crippen molar-refractivity contribution in [3.05, 3.63) is 40.9 Å². The number of carbonyl (C=O) groups excluding carboxylic acids is 3. The van der Waals surface area contributed by atoms with Gasteiger partial charge in [-0.1, -0.05) is 11.6 Å². The third-order valence-corrected chi connectivity index (χ3v) is 4.06. The molecule has 2 amide bonds. The number of esters is 1. The van der Waals surface area contributed by atoms with Crippen LogP contribution in [0.4, 0.5) is 5.69 Å². The van der Waals surface area contributed by atoms with Gasteiger partial charge in [0.05, 0.1) is 17.9 Å². The zero-order valence-corrected chi connectivity index (χ0v) is 14.9. The van der Waals surface area contributed by atoms with Gasteiger partial charge in [0, 0.05) is 23.2 Å². The molecule has 0 aromatic heterocycles. The molecule has 0 heterocycles. The molecule has 0 bridgehead atoms. The standard InChI is InChI=1S/C18H21ClN2O4/c1-3-25-17(23)9-8-16(22)21-15-7-6-13(19)10-14(15)18(24)20-11(2)12-4-5-12/h6-12H,3-5H2,1-2H3,(H,20,24)(H,21,22)/b9-8+. The van der Waals surface area contributed by atoms with E-state index < -0.39 is 11.9 Å². The number of hydrogen-bond donors (Lipinski definition) is 2. The highest BCUT2D eigenvalue weighted by atomic mass is 35.5. The fraction of sp³-hybridized carbons (Fsp3) is 0.389. The first-order valence-corrected chi connectivity index (χ1v) is 8.54. The van der Waals surface area contributed by atoms with Crippen molar-refractivity contribution in [2.45, 2.75) is 32.7 Å². The molecule has 1 aromatic rings. The van der Waals surface area contributed by atoms with E-state index in [4.69, 9.17) is 16.3 Å². The summed E-state index contributed by atoms with van der Waals surface area (Å²) in [6, 6.07) is 4.70. The lowest BCUT2D eigenvalue weighted by molar-refractivity contribution is -0.137. The van der Waals surface area contributed by atoms with Crippen LogP contribution in [0.1, 0.15) is 37.0 Å². The summed E-state index contributed by atoms with van der Waals surface area (Å²) in [4.78, 5) is 35.7. The van der Waals surface area contributed by atoms with E-state index >= 15 is 0 Å². The summed E-state index contributed by atoms with van der Waals surface area (Å²) in [5.74, 6) is -0.940. The van der Waals surface area contributed by atoms with Gasteiger partial charge in [-0.15, -0.1) is 0 Å². The Labute approximate surface area is 151 Å². The first kappa shape index (κ1) is 19.0. The van der Waals surface area contributed by atoms with E-state index in [1.54, 1.807) is 19.1 Å².